The SMILES string of the molecule is NC[C@@H](CC(=O)c1cccn(Cc2ccc(F)c(F)c2)c1=O)c1nc(C2=CCc3ncccc32)cs1. The number of benzene rings is 1. The zero-order chi connectivity index (χ0) is 25.2. The van der Waals surface area contributed by atoms with Crippen LogP contribution in [0, 0.1) is 11.6 Å². The minimum Gasteiger partial charge on any atom is -0.330 e. The summed E-state index contributed by atoms with van der Waals surface area (Å²) in [6, 6.07) is 10.4. The number of carbonyl (C=O) groups is 1. The Bertz CT molecular complexity index is 1540. The highest BCUT2D eigenvalue weighted by Gasteiger charge is 2.24. The van der Waals surface area contributed by atoms with Crippen LogP contribution in [0.4, 0.5) is 8.78 Å². The molecule has 1 aliphatic rings. The number of carbonyl (C=O) groups excluding carboxylic acids is 1. The fourth-order valence-electron chi connectivity index (χ4n) is 4.31. The van der Waals surface area contributed by atoms with Crippen molar-refractivity contribution in [3.63, 3.8) is 0 Å². The molecule has 4 aromatic rings. The molecule has 0 aliphatic heterocycles. The van der Waals surface area contributed by atoms with E-state index in [0.29, 0.717) is 5.56 Å². The van der Waals surface area contributed by atoms with Gasteiger partial charge in [0.15, 0.2) is 17.4 Å². The molecule has 5 rings (SSSR count). The molecular formula is C27H22F2N4O2S. The summed E-state index contributed by atoms with van der Waals surface area (Å²) in [5, 5.41) is 2.69. The fourth-order valence-corrected chi connectivity index (χ4v) is 5.24. The second-order valence-corrected chi connectivity index (χ2v) is 9.44. The topological polar surface area (TPSA) is 90.9 Å². The largest absolute Gasteiger partial charge is 0.330 e. The molecule has 0 saturated heterocycles. The molecular weight excluding hydrogens is 482 g/mol. The number of hydrogen-bond donors (Lipinski definition) is 1. The maximum absolute atomic E-state index is 13.6. The van der Waals surface area contributed by atoms with E-state index in [0.717, 1.165) is 46.1 Å². The normalized spacial score (nSPS) is 13.4. The van der Waals surface area contributed by atoms with E-state index < -0.39 is 17.2 Å². The van der Waals surface area contributed by atoms with E-state index in [4.69, 9.17) is 10.7 Å². The minimum absolute atomic E-state index is 0.0127. The predicted octanol–water partition coefficient (Wildman–Crippen LogP) is 4.33. The molecule has 2 N–H and O–H groups in total. The number of allylic oxidation sites excluding steroid dienone is 1. The highest BCUT2D eigenvalue weighted by atomic mass is 32.1. The standard InChI is InChI=1S/C27H22F2N4O2S/c28-21-7-5-16(11-22(21)29)14-33-10-2-4-20(27(33)35)25(34)12-17(13-30)26-32-24(15-36-26)19-6-8-23-18(19)3-1-9-31-23/h1-7,9-11,15,17H,8,12-14,30H2/t17-/m1/s1. The van der Waals surface area contributed by atoms with Crippen LogP contribution in [0.1, 0.15) is 50.2 Å². The number of rotatable bonds is 8. The van der Waals surface area contributed by atoms with Gasteiger partial charge in [0.05, 0.1) is 28.5 Å². The third-order valence-electron chi connectivity index (χ3n) is 6.20. The number of pyridine rings is 2. The zero-order valence-electron chi connectivity index (χ0n) is 19.2. The van der Waals surface area contributed by atoms with Gasteiger partial charge in [-0.15, -0.1) is 11.3 Å². The lowest BCUT2D eigenvalue weighted by Crippen LogP contribution is -2.27. The van der Waals surface area contributed by atoms with Gasteiger partial charge in [-0.2, -0.15) is 0 Å². The number of ketones is 1. The number of fused-ring (bicyclic) bond motifs is 1. The van der Waals surface area contributed by atoms with Crippen molar-refractivity contribution >= 4 is 22.7 Å². The van der Waals surface area contributed by atoms with E-state index in [9.17, 15) is 18.4 Å². The van der Waals surface area contributed by atoms with Gasteiger partial charge < -0.3 is 10.3 Å². The lowest BCUT2D eigenvalue weighted by atomic mass is 9.99. The van der Waals surface area contributed by atoms with E-state index in [1.54, 1.807) is 12.3 Å². The van der Waals surface area contributed by atoms with Crippen molar-refractivity contribution in [2.45, 2.75) is 25.3 Å². The molecule has 6 nitrogen and oxygen atoms in total. The summed E-state index contributed by atoms with van der Waals surface area (Å²) in [7, 11) is 0. The molecule has 1 aliphatic carbocycles. The van der Waals surface area contributed by atoms with Crippen LogP contribution in [0.5, 0.6) is 0 Å². The Morgan fingerprint density at radius 2 is 2.03 bits per heavy atom. The van der Waals surface area contributed by atoms with Crippen molar-refractivity contribution < 1.29 is 13.6 Å². The highest BCUT2D eigenvalue weighted by molar-refractivity contribution is 7.09. The van der Waals surface area contributed by atoms with Gasteiger partial charge in [-0.05, 0) is 35.9 Å². The molecule has 182 valence electrons. The lowest BCUT2D eigenvalue weighted by Gasteiger charge is -2.12. The van der Waals surface area contributed by atoms with Gasteiger partial charge in [0.25, 0.3) is 5.56 Å². The Morgan fingerprint density at radius 3 is 2.83 bits per heavy atom. The third-order valence-corrected chi connectivity index (χ3v) is 7.21. The van der Waals surface area contributed by atoms with Crippen molar-refractivity contribution in [1.82, 2.24) is 14.5 Å². The Labute approximate surface area is 209 Å². The van der Waals surface area contributed by atoms with Crippen molar-refractivity contribution in [1.29, 1.82) is 0 Å². The van der Waals surface area contributed by atoms with E-state index in [1.807, 2.05) is 17.5 Å². The van der Waals surface area contributed by atoms with Gasteiger partial charge in [-0.3, -0.25) is 14.6 Å². The van der Waals surface area contributed by atoms with Crippen LogP contribution >= 0.6 is 11.3 Å². The van der Waals surface area contributed by atoms with Gasteiger partial charge in [-0.1, -0.05) is 18.2 Å². The molecule has 0 unspecified atom stereocenters. The second kappa shape index (κ2) is 10.0. The van der Waals surface area contributed by atoms with E-state index in [1.165, 1.54) is 34.2 Å². The summed E-state index contributed by atoms with van der Waals surface area (Å²) < 4.78 is 28.1. The summed E-state index contributed by atoms with van der Waals surface area (Å²) in [5.74, 6) is -2.64. The van der Waals surface area contributed by atoms with Gasteiger partial charge in [0.2, 0.25) is 0 Å². The summed E-state index contributed by atoms with van der Waals surface area (Å²) >= 11 is 1.44. The number of Topliss-reactive ketones (excluding diaryl/α,β-unsaturated/α-hetero) is 1. The molecule has 3 heterocycles. The van der Waals surface area contributed by atoms with Crippen molar-refractivity contribution in [2.24, 2.45) is 5.73 Å². The molecule has 3 aromatic heterocycles. The van der Waals surface area contributed by atoms with Crippen LogP contribution in [0.3, 0.4) is 0 Å². The van der Waals surface area contributed by atoms with Crippen LogP contribution < -0.4 is 11.3 Å². The van der Waals surface area contributed by atoms with Gasteiger partial charge in [-0.25, -0.2) is 13.8 Å². The van der Waals surface area contributed by atoms with E-state index >= 15 is 0 Å². The Hall–Kier alpha value is -3.82. The average Bonchev–Trinajstić information content (AvgIpc) is 3.53. The molecule has 1 aromatic carbocycles. The van der Waals surface area contributed by atoms with Crippen LogP contribution in [0.2, 0.25) is 0 Å². The molecule has 1 atom stereocenters. The molecule has 0 radical (unpaired) electrons. The minimum atomic E-state index is -0.991. The lowest BCUT2D eigenvalue weighted by molar-refractivity contribution is 0.0972. The number of thiazole rings is 1. The Morgan fingerprint density at radius 1 is 1.17 bits per heavy atom. The van der Waals surface area contributed by atoms with Crippen LogP contribution in [-0.4, -0.2) is 26.9 Å². The monoisotopic (exact) mass is 504 g/mol. The molecule has 0 amide bonds. The van der Waals surface area contributed by atoms with Crippen LogP contribution in [0.25, 0.3) is 5.57 Å². The maximum Gasteiger partial charge on any atom is 0.261 e. The number of halogens is 2. The highest BCUT2D eigenvalue weighted by Crippen LogP contribution is 2.34. The molecule has 0 fully saturated rings. The van der Waals surface area contributed by atoms with E-state index in [2.05, 4.69) is 11.1 Å². The third kappa shape index (κ3) is 4.67. The molecule has 0 saturated carbocycles. The quantitative estimate of drug-likeness (QED) is 0.361. The number of hydrogen-bond acceptors (Lipinski definition) is 6. The molecule has 36 heavy (non-hydrogen) atoms. The van der Waals surface area contributed by atoms with Gasteiger partial charge >= 0.3 is 0 Å². The van der Waals surface area contributed by atoms with Gasteiger partial charge in [0.1, 0.15) is 0 Å². The number of nitrogens with two attached hydrogens (primary N) is 1. The maximum atomic E-state index is 13.6. The number of aromatic nitrogens is 3. The Kier molecular flexibility index (Phi) is 6.67. The van der Waals surface area contributed by atoms with Gasteiger partial charge in [0, 0.05) is 54.2 Å². The molecule has 0 spiro atoms. The number of nitrogens with zero attached hydrogens (tertiary/aromatic N) is 3. The fraction of sp³-hybridized carbons (Fsp3) is 0.185. The second-order valence-electron chi connectivity index (χ2n) is 8.55. The first-order valence-electron chi connectivity index (χ1n) is 11.4. The smallest absolute Gasteiger partial charge is 0.261 e. The molecule has 0 bridgehead atoms. The summed E-state index contributed by atoms with van der Waals surface area (Å²) in [4.78, 5) is 35.3. The summed E-state index contributed by atoms with van der Waals surface area (Å²) in [5.41, 5.74) is 9.85. The average molecular weight is 505 g/mol. The summed E-state index contributed by atoms with van der Waals surface area (Å²) in [6.07, 6.45) is 6.16. The van der Waals surface area contributed by atoms with Crippen LogP contribution in [0.15, 0.2) is 71.1 Å². The molecule has 9 heteroatoms. The van der Waals surface area contributed by atoms with E-state index in [-0.39, 0.29) is 36.8 Å². The summed E-state index contributed by atoms with van der Waals surface area (Å²) in [6.45, 7) is 0.213. The Balaban J connectivity index is 1.34. The first-order chi connectivity index (χ1) is 17.4. The van der Waals surface area contributed by atoms with Crippen LogP contribution in [-0.2, 0) is 13.0 Å². The van der Waals surface area contributed by atoms with Crippen molar-refractivity contribution in [2.75, 3.05) is 6.54 Å². The van der Waals surface area contributed by atoms with Crippen molar-refractivity contribution in [3.05, 3.63) is 121 Å². The zero-order valence-corrected chi connectivity index (χ0v) is 20.0. The first-order valence-corrected chi connectivity index (χ1v) is 12.3. The van der Waals surface area contributed by atoms with Crippen molar-refractivity contribution in [3.8, 4) is 0 Å². The predicted molar refractivity (Wildman–Crippen MR) is 134 cm³/mol. The first kappa shape index (κ1) is 23.9.